The third-order valence-electron chi connectivity index (χ3n) is 5.10. The van der Waals surface area contributed by atoms with Gasteiger partial charge in [0.15, 0.2) is 0 Å². The number of amides is 1. The molecule has 2 aromatic rings. The van der Waals surface area contributed by atoms with Gasteiger partial charge in [-0.2, -0.15) is 0 Å². The average Bonchev–Trinajstić information content (AvgIpc) is 2.63. The molecule has 0 bridgehead atoms. The number of hydrogen-bond donors (Lipinski definition) is 1. The predicted octanol–water partition coefficient (Wildman–Crippen LogP) is 4.56. The Morgan fingerprint density at radius 2 is 2.15 bits per heavy atom. The van der Waals surface area contributed by atoms with E-state index in [4.69, 9.17) is 9.47 Å². The van der Waals surface area contributed by atoms with Gasteiger partial charge in [-0.3, -0.25) is 9.78 Å². The number of nitrogens with zero attached hydrogens (tertiary/aromatic N) is 1. The molecular weight excluding hydrogens is 328 g/mol. The van der Waals surface area contributed by atoms with Gasteiger partial charge in [0.25, 0.3) is 5.91 Å². The summed E-state index contributed by atoms with van der Waals surface area (Å²) in [4.78, 5) is 17.5. The summed E-state index contributed by atoms with van der Waals surface area (Å²) in [7, 11) is 1.64. The van der Waals surface area contributed by atoms with Gasteiger partial charge in [0.1, 0.15) is 16.9 Å². The molecule has 0 unspecified atom stereocenters. The molecule has 1 heterocycles. The molecule has 3 rings (SSSR count). The zero-order valence-corrected chi connectivity index (χ0v) is 16.0. The van der Waals surface area contributed by atoms with E-state index in [1.165, 1.54) is 0 Å². The smallest absolute Gasteiger partial charge is 0.256 e. The van der Waals surface area contributed by atoms with E-state index in [-0.39, 0.29) is 12.0 Å². The highest BCUT2D eigenvalue weighted by Crippen LogP contribution is 2.37. The molecule has 0 radical (unpaired) electrons. The summed E-state index contributed by atoms with van der Waals surface area (Å²) in [5, 5.41) is 3.96. The molecule has 0 spiro atoms. The molecule has 5 nitrogen and oxygen atoms in total. The molecule has 1 aliphatic rings. The van der Waals surface area contributed by atoms with Gasteiger partial charge < -0.3 is 14.8 Å². The molecule has 1 fully saturated rings. The van der Waals surface area contributed by atoms with Crippen LogP contribution in [0.4, 0.5) is 5.69 Å². The van der Waals surface area contributed by atoms with Crippen molar-refractivity contribution in [2.45, 2.75) is 58.2 Å². The summed E-state index contributed by atoms with van der Waals surface area (Å²) in [6.07, 6.45) is 5.45. The normalized spacial score (nSPS) is 23.2. The zero-order valence-electron chi connectivity index (χ0n) is 16.0. The molecule has 2 atom stereocenters. The fraction of sp³-hybridized carbons (Fsp3) is 0.524. The standard InChI is InChI=1S/C21H28N2O3/c1-14(2)26-18-10-9-17(16-8-6-12-22-19(16)18)23-20(24)21(25-4)11-5-7-15(3)13-21/h6,8-10,12,14-15H,5,7,11,13H2,1-4H3,(H,23,24)/t15-,21-/m1/s1. The first-order chi connectivity index (χ1) is 12.4. The molecule has 0 saturated heterocycles. The number of ether oxygens (including phenoxy) is 2. The second kappa shape index (κ2) is 7.62. The lowest BCUT2D eigenvalue weighted by Gasteiger charge is -2.37. The molecule has 1 amide bonds. The predicted molar refractivity (Wildman–Crippen MR) is 104 cm³/mol. The average molecular weight is 356 g/mol. The summed E-state index contributed by atoms with van der Waals surface area (Å²) in [6.45, 7) is 6.14. The highest BCUT2D eigenvalue weighted by molar-refractivity contribution is 6.05. The molecule has 1 saturated carbocycles. The molecular formula is C21H28N2O3. The van der Waals surface area contributed by atoms with Crippen molar-refractivity contribution in [1.82, 2.24) is 4.98 Å². The van der Waals surface area contributed by atoms with Crippen molar-refractivity contribution in [2.24, 2.45) is 5.92 Å². The van der Waals surface area contributed by atoms with Crippen LogP contribution in [-0.4, -0.2) is 29.7 Å². The van der Waals surface area contributed by atoms with Gasteiger partial charge in [-0.15, -0.1) is 0 Å². The number of nitrogens with one attached hydrogen (secondary N) is 1. The van der Waals surface area contributed by atoms with E-state index >= 15 is 0 Å². The molecule has 0 aliphatic heterocycles. The van der Waals surface area contributed by atoms with Crippen LogP contribution in [0.1, 0.15) is 46.5 Å². The van der Waals surface area contributed by atoms with Crippen molar-refractivity contribution in [3.05, 3.63) is 30.5 Å². The number of carbonyl (C=O) groups is 1. The topological polar surface area (TPSA) is 60.5 Å². The van der Waals surface area contributed by atoms with E-state index in [0.29, 0.717) is 5.92 Å². The summed E-state index contributed by atoms with van der Waals surface area (Å²) in [5.41, 5.74) is 0.741. The number of rotatable bonds is 5. The first kappa shape index (κ1) is 18.6. The van der Waals surface area contributed by atoms with Gasteiger partial charge in [-0.05, 0) is 63.3 Å². The minimum Gasteiger partial charge on any atom is -0.489 e. The lowest BCUT2D eigenvalue weighted by atomic mass is 9.78. The van der Waals surface area contributed by atoms with E-state index in [0.717, 1.165) is 48.0 Å². The summed E-state index contributed by atoms with van der Waals surface area (Å²) in [5.74, 6) is 1.13. The maximum atomic E-state index is 13.1. The van der Waals surface area contributed by atoms with Gasteiger partial charge in [0, 0.05) is 18.7 Å². The third kappa shape index (κ3) is 3.68. The largest absolute Gasteiger partial charge is 0.489 e. The van der Waals surface area contributed by atoms with Gasteiger partial charge in [-0.1, -0.05) is 13.3 Å². The Hall–Kier alpha value is -2.14. The number of methoxy groups -OCH3 is 1. The maximum Gasteiger partial charge on any atom is 0.256 e. The first-order valence-corrected chi connectivity index (χ1v) is 9.36. The lowest BCUT2D eigenvalue weighted by Crippen LogP contribution is -2.47. The number of pyridine rings is 1. The zero-order chi connectivity index (χ0) is 18.7. The van der Waals surface area contributed by atoms with Crippen LogP contribution in [0.3, 0.4) is 0 Å². The van der Waals surface area contributed by atoms with Crippen molar-refractivity contribution in [2.75, 3.05) is 12.4 Å². The number of aromatic nitrogens is 1. The highest BCUT2D eigenvalue weighted by atomic mass is 16.5. The van der Waals surface area contributed by atoms with Crippen LogP contribution in [0.2, 0.25) is 0 Å². The number of hydrogen-bond acceptors (Lipinski definition) is 4. The highest BCUT2D eigenvalue weighted by Gasteiger charge is 2.42. The third-order valence-corrected chi connectivity index (χ3v) is 5.10. The Bertz CT molecular complexity index is 790. The second-order valence-electron chi connectivity index (χ2n) is 7.53. The van der Waals surface area contributed by atoms with Gasteiger partial charge in [0.2, 0.25) is 0 Å². The van der Waals surface area contributed by atoms with E-state index in [2.05, 4.69) is 17.2 Å². The molecule has 1 N–H and O–H groups in total. The Balaban J connectivity index is 1.92. The number of carbonyl (C=O) groups excluding carboxylic acids is 1. The lowest BCUT2D eigenvalue weighted by molar-refractivity contribution is -0.143. The van der Waals surface area contributed by atoms with E-state index in [9.17, 15) is 4.79 Å². The summed E-state index contributed by atoms with van der Waals surface area (Å²) < 4.78 is 11.6. The molecule has 26 heavy (non-hydrogen) atoms. The molecule has 1 aromatic carbocycles. The van der Waals surface area contributed by atoms with Crippen molar-refractivity contribution in [1.29, 1.82) is 0 Å². The van der Waals surface area contributed by atoms with Gasteiger partial charge >= 0.3 is 0 Å². The van der Waals surface area contributed by atoms with Gasteiger partial charge in [0.05, 0.1) is 11.8 Å². The Kier molecular flexibility index (Phi) is 5.47. The molecule has 5 heteroatoms. The summed E-state index contributed by atoms with van der Waals surface area (Å²) >= 11 is 0. The Labute approximate surface area is 155 Å². The van der Waals surface area contributed by atoms with E-state index in [1.807, 2.05) is 38.1 Å². The van der Waals surface area contributed by atoms with E-state index < -0.39 is 5.60 Å². The fourth-order valence-corrected chi connectivity index (χ4v) is 3.83. The van der Waals surface area contributed by atoms with Crippen molar-refractivity contribution < 1.29 is 14.3 Å². The van der Waals surface area contributed by atoms with Crippen molar-refractivity contribution >= 4 is 22.5 Å². The Morgan fingerprint density at radius 1 is 1.35 bits per heavy atom. The minimum absolute atomic E-state index is 0.0566. The number of anilines is 1. The van der Waals surface area contributed by atoms with Gasteiger partial charge in [-0.25, -0.2) is 0 Å². The van der Waals surface area contributed by atoms with Crippen LogP contribution < -0.4 is 10.1 Å². The fourth-order valence-electron chi connectivity index (χ4n) is 3.83. The number of benzene rings is 1. The molecule has 1 aromatic heterocycles. The van der Waals surface area contributed by atoms with Crippen LogP contribution in [0.15, 0.2) is 30.5 Å². The van der Waals surface area contributed by atoms with Crippen molar-refractivity contribution in [3.63, 3.8) is 0 Å². The maximum absolute atomic E-state index is 13.1. The van der Waals surface area contributed by atoms with Crippen LogP contribution >= 0.6 is 0 Å². The first-order valence-electron chi connectivity index (χ1n) is 9.36. The van der Waals surface area contributed by atoms with Crippen LogP contribution in [0.25, 0.3) is 10.9 Å². The van der Waals surface area contributed by atoms with Crippen LogP contribution in [0, 0.1) is 5.92 Å². The van der Waals surface area contributed by atoms with Crippen molar-refractivity contribution in [3.8, 4) is 5.75 Å². The Morgan fingerprint density at radius 3 is 2.85 bits per heavy atom. The van der Waals surface area contributed by atoms with Crippen LogP contribution in [-0.2, 0) is 9.53 Å². The SMILES string of the molecule is CO[C@]1(C(=O)Nc2ccc(OC(C)C)c3ncccc23)CCC[C@@H](C)C1. The minimum atomic E-state index is -0.751. The second-order valence-corrected chi connectivity index (χ2v) is 7.53. The van der Waals surface area contributed by atoms with E-state index in [1.54, 1.807) is 13.3 Å². The summed E-state index contributed by atoms with van der Waals surface area (Å²) in [6, 6.07) is 7.57. The monoisotopic (exact) mass is 356 g/mol. The molecule has 1 aliphatic carbocycles. The molecule has 140 valence electrons. The van der Waals surface area contributed by atoms with Crippen LogP contribution in [0.5, 0.6) is 5.75 Å². The number of fused-ring (bicyclic) bond motifs is 1. The quantitative estimate of drug-likeness (QED) is 0.853.